The number of carbonyl (C=O) groups excluding carboxylic acids is 3. The average molecular weight is 494 g/mol. The van der Waals surface area contributed by atoms with Gasteiger partial charge in [0, 0.05) is 27.8 Å². The molecule has 0 saturated heterocycles. The predicted molar refractivity (Wildman–Crippen MR) is 134 cm³/mol. The van der Waals surface area contributed by atoms with E-state index in [4.69, 9.17) is 21.1 Å². The number of hydrazone groups is 1. The molecule has 0 radical (unpaired) electrons. The van der Waals surface area contributed by atoms with Crippen LogP contribution in [-0.2, 0) is 4.79 Å². The molecule has 0 fully saturated rings. The van der Waals surface area contributed by atoms with E-state index in [1.54, 1.807) is 74.5 Å². The molecule has 0 heterocycles. The third-order valence-electron chi connectivity index (χ3n) is 4.81. The van der Waals surface area contributed by atoms with Crippen molar-refractivity contribution in [2.24, 2.45) is 11.0 Å². The Morgan fingerprint density at radius 1 is 0.943 bits per heavy atom. The summed E-state index contributed by atoms with van der Waals surface area (Å²) in [5.41, 5.74) is 4.09. The lowest BCUT2D eigenvalue weighted by atomic mass is 10.1. The van der Waals surface area contributed by atoms with Gasteiger partial charge in [0.15, 0.2) is 0 Å². The number of halogens is 1. The van der Waals surface area contributed by atoms with Gasteiger partial charge in [0.2, 0.25) is 5.91 Å². The van der Waals surface area contributed by atoms with Crippen molar-refractivity contribution in [3.63, 3.8) is 0 Å². The van der Waals surface area contributed by atoms with Crippen molar-refractivity contribution in [2.75, 3.05) is 12.4 Å². The Bertz CT molecular complexity index is 1240. The van der Waals surface area contributed by atoms with Crippen LogP contribution in [0, 0.1) is 5.92 Å². The molecule has 0 aromatic heterocycles. The molecule has 35 heavy (non-hydrogen) atoms. The van der Waals surface area contributed by atoms with Crippen LogP contribution in [0.1, 0.15) is 40.1 Å². The van der Waals surface area contributed by atoms with Gasteiger partial charge in [-0.1, -0.05) is 25.4 Å². The number of anilines is 1. The number of ether oxygens (including phenoxy) is 2. The van der Waals surface area contributed by atoms with Crippen LogP contribution in [0.5, 0.6) is 11.5 Å². The number of hydrogen-bond donors (Lipinski definition) is 2. The lowest BCUT2D eigenvalue weighted by molar-refractivity contribution is -0.118. The molecule has 0 aliphatic heterocycles. The summed E-state index contributed by atoms with van der Waals surface area (Å²) in [6.07, 6.45) is 1.33. The van der Waals surface area contributed by atoms with E-state index in [0.717, 1.165) is 0 Å². The number of esters is 1. The van der Waals surface area contributed by atoms with Crippen LogP contribution in [0.2, 0.25) is 5.02 Å². The Morgan fingerprint density at radius 3 is 2.23 bits per heavy atom. The SMILES string of the molecule is COc1ccc(C(=O)Oc2ccc(Cl)cc2/C=N/NC(=O)c2ccc(NC(=O)C(C)C)cc2)cc1. The van der Waals surface area contributed by atoms with Gasteiger partial charge in [0.25, 0.3) is 5.91 Å². The molecule has 180 valence electrons. The van der Waals surface area contributed by atoms with Crippen molar-refractivity contribution in [1.82, 2.24) is 5.43 Å². The van der Waals surface area contributed by atoms with Gasteiger partial charge in [0.1, 0.15) is 11.5 Å². The zero-order chi connectivity index (χ0) is 25.4. The van der Waals surface area contributed by atoms with Crippen molar-refractivity contribution in [3.8, 4) is 11.5 Å². The maximum Gasteiger partial charge on any atom is 0.343 e. The molecule has 0 spiro atoms. The zero-order valence-electron chi connectivity index (χ0n) is 19.4. The van der Waals surface area contributed by atoms with Crippen LogP contribution < -0.4 is 20.2 Å². The fourth-order valence-corrected chi connectivity index (χ4v) is 3.00. The minimum Gasteiger partial charge on any atom is -0.497 e. The normalized spacial score (nSPS) is 10.8. The Labute approximate surface area is 207 Å². The van der Waals surface area contributed by atoms with Gasteiger partial charge < -0.3 is 14.8 Å². The summed E-state index contributed by atoms with van der Waals surface area (Å²) in [4.78, 5) is 36.7. The summed E-state index contributed by atoms with van der Waals surface area (Å²) < 4.78 is 10.6. The van der Waals surface area contributed by atoms with Gasteiger partial charge in [-0.3, -0.25) is 9.59 Å². The molecule has 0 atom stereocenters. The summed E-state index contributed by atoms with van der Waals surface area (Å²) in [6.45, 7) is 3.58. The van der Waals surface area contributed by atoms with Crippen molar-refractivity contribution in [1.29, 1.82) is 0 Å². The van der Waals surface area contributed by atoms with Crippen molar-refractivity contribution < 1.29 is 23.9 Å². The fraction of sp³-hybridized carbons (Fsp3) is 0.154. The second kappa shape index (κ2) is 11.8. The van der Waals surface area contributed by atoms with E-state index in [-0.39, 0.29) is 17.6 Å². The van der Waals surface area contributed by atoms with Crippen LogP contribution in [-0.4, -0.2) is 31.1 Å². The molecular formula is C26H24ClN3O5. The first-order chi connectivity index (χ1) is 16.8. The van der Waals surface area contributed by atoms with E-state index in [1.165, 1.54) is 19.4 Å². The number of hydrogen-bond acceptors (Lipinski definition) is 6. The van der Waals surface area contributed by atoms with Gasteiger partial charge in [-0.2, -0.15) is 5.10 Å². The minimum absolute atomic E-state index is 0.114. The van der Waals surface area contributed by atoms with Crippen molar-refractivity contribution >= 4 is 41.3 Å². The highest BCUT2D eigenvalue weighted by Crippen LogP contribution is 2.23. The highest BCUT2D eigenvalue weighted by Gasteiger charge is 2.13. The molecule has 0 aliphatic rings. The van der Waals surface area contributed by atoms with Crippen molar-refractivity contribution in [2.45, 2.75) is 13.8 Å². The number of benzene rings is 3. The first-order valence-corrected chi connectivity index (χ1v) is 11.0. The molecular weight excluding hydrogens is 470 g/mol. The van der Waals surface area contributed by atoms with Gasteiger partial charge in [-0.25, -0.2) is 10.2 Å². The molecule has 0 bridgehead atoms. The second-order valence-corrected chi connectivity index (χ2v) is 8.16. The van der Waals surface area contributed by atoms with Gasteiger partial charge in [-0.05, 0) is 66.7 Å². The molecule has 8 nitrogen and oxygen atoms in total. The Morgan fingerprint density at radius 2 is 1.60 bits per heavy atom. The molecule has 3 aromatic rings. The third kappa shape index (κ3) is 7.15. The largest absolute Gasteiger partial charge is 0.497 e. The van der Waals surface area contributed by atoms with E-state index in [0.29, 0.717) is 33.1 Å². The number of nitrogens with zero attached hydrogens (tertiary/aromatic N) is 1. The highest BCUT2D eigenvalue weighted by atomic mass is 35.5. The van der Waals surface area contributed by atoms with Gasteiger partial charge in [-0.15, -0.1) is 0 Å². The summed E-state index contributed by atoms with van der Waals surface area (Å²) in [7, 11) is 1.54. The molecule has 3 rings (SSSR count). The summed E-state index contributed by atoms with van der Waals surface area (Å²) in [6, 6.07) is 17.6. The maximum atomic E-state index is 12.5. The number of methoxy groups -OCH3 is 1. The van der Waals surface area contributed by atoms with Crippen LogP contribution in [0.4, 0.5) is 5.69 Å². The Hall–Kier alpha value is -4.17. The van der Waals surface area contributed by atoms with Gasteiger partial charge >= 0.3 is 5.97 Å². The zero-order valence-corrected chi connectivity index (χ0v) is 20.1. The fourth-order valence-electron chi connectivity index (χ4n) is 2.82. The first-order valence-electron chi connectivity index (χ1n) is 10.7. The maximum absolute atomic E-state index is 12.5. The number of rotatable bonds is 8. The highest BCUT2D eigenvalue weighted by molar-refractivity contribution is 6.31. The quantitative estimate of drug-likeness (QED) is 0.200. The lowest BCUT2D eigenvalue weighted by Gasteiger charge is -2.09. The Balaban J connectivity index is 1.66. The molecule has 0 unspecified atom stereocenters. The second-order valence-electron chi connectivity index (χ2n) is 7.72. The standard InChI is InChI=1S/C26H24ClN3O5/c1-16(2)24(31)29-21-9-4-17(5-10-21)25(32)30-28-15-19-14-20(27)8-13-23(19)35-26(33)18-6-11-22(34-3)12-7-18/h4-16H,1-3H3,(H,29,31)(H,30,32)/b28-15+. The molecule has 0 aliphatic carbocycles. The minimum atomic E-state index is -0.571. The smallest absolute Gasteiger partial charge is 0.343 e. The molecule has 9 heteroatoms. The van der Waals surface area contributed by atoms with Gasteiger partial charge in [0.05, 0.1) is 18.9 Å². The lowest BCUT2D eigenvalue weighted by Crippen LogP contribution is -2.19. The molecule has 3 aromatic carbocycles. The number of carbonyl (C=O) groups is 3. The number of nitrogens with one attached hydrogen (secondary N) is 2. The topological polar surface area (TPSA) is 106 Å². The summed E-state index contributed by atoms with van der Waals surface area (Å²) >= 11 is 6.08. The third-order valence-corrected chi connectivity index (χ3v) is 5.04. The molecule has 0 saturated carbocycles. The van der Waals surface area contributed by atoms with E-state index in [9.17, 15) is 14.4 Å². The van der Waals surface area contributed by atoms with Crippen LogP contribution in [0.25, 0.3) is 0 Å². The number of amides is 2. The average Bonchev–Trinajstić information content (AvgIpc) is 2.85. The predicted octanol–water partition coefficient (Wildman–Crippen LogP) is 4.93. The first kappa shape index (κ1) is 25.5. The van der Waals surface area contributed by atoms with Crippen LogP contribution in [0.3, 0.4) is 0 Å². The van der Waals surface area contributed by atoms with Crippen molar-refractivity contribution in [3.05, 3.63) is 88.4 Å². The van der Waals surface area contributed by atoms with E-state index in [1.807, 2.05) is 0 Å². The molecule has 2 amide bonds. The van der Waals surface area contributed by atoms with E-state index < -0.39 is 11.9 Å². The van der Waals surface area contributed by atoms with Crippen LogP contribution >= 0.6 is 11.6 Å². The molecule has 2 N–H and O–H groups in total. The summed E-state index contributed by atoms with van der Waals surface area (Å²) in [5.74, 6) is -0.457. The summed E-state index contributed by atoms with van der Waals surface area (Å²) in [5, 5.41) is 7.12. The van der Waals surface area contributed by atoms with Crippen LogP contribution in [0.15, 0.2) is 71.8 Å². The van der Waals surface area contributed by atoms with E-state index >= 15 is 0 Å². The van der Waals surface area contributed by atoms with E-state index in [2.05, 4.69) is 15.8 Å². The Kier molecular flexibility index (Phi) is 8.58. The monoisotopic (exact) mass is 493 g/mol.